The third kappa shape index (κ3) is 4.34. The number of aryl methyl sites for hydroxylation is 2. The Bertz CT molecular complexity index is 1030. The molecule has 0 spiro atoms. The van der Waals surface area contributed by atoms with E-state index in [1.165, 1.54) is 0 Å². The van der Waals surface area contributed by atoms with E-state index in [1.54, 1.807) is 7.11 Å². The van der Waals surface area contributed by atoms with E-state index in [0.29, 0.717) is 17.4 Å². The minimum absolute atomic E-state index is 0.0331. The van der Waals surface area contributed by atoms with Crippen molar-refractivity contribution in [3.63, 3.8) is 0 Å². The first-order chi connectivity index (χ1) is 14.9. The van der Waals surface area contributed by atoms with E-state index < -0.39 is 0 Å². The Hall–Kier alpha value is -2.38. The van der Waals surface area contributed by atoms with Gasteiger partial charge in [-0.25, -0.2) is 4.79 Å². The number of ether oxygens (including phenoxy) is 2. The van der Waals surface area contributed by atoms with E-state index in [2.05, 4.69) is 24.1 Å². The van der Waals surface area contributed by atoms with Crippen molar-refractivity contribution in [3.05, 3.63) is 39.2 Å². The lowest BCUT2D eigenvalue weighted by molar-refractivity contribution is -0.124. The fourth-order valence-corrected chi connectivity index (χ4v) is 4.78. The predicted molar refractivity (Wildman–Crippen MR) is 119 cm³/mol. The average Bonchev–Trinajstić information content (AvgIpc) is 3.17. The number of fused-ring (bicyclic) bond motifs is 3. The Morgan fingerprint density at radius 2 is 1.97 bits per heavy atom. The number of carbonyl (C=O) groups is 1. The zero-order valence-corrected chi connectivity index (χ0v) is 18.8. The molecule has 7 heteroatoms. The summed E-state index contributed by atoms with van der Waals surface area (Å²) in [6.07, 6.45) is 3.76. The van der Waals surface area contributed by atoms with Crippen molar-refractivity contribution in [2.24, 2.45) is 0 Å². The Morgan fingerprint density at radius 3 is 2.68 bits per heavy atom. The molecule has 1 aliphatic carbocycles. The van der Waals surface area contributed by atoms with Crippen LogP contribution in [0.2, 0.25) is 0 Å². The van der Waals surface area contributed by atoms with Gasteiger partial charge in [-0.2, -0.15) is 0 Å². The first-order valence-corrected chi connectivity index (χ1v) is 11.2. The van der Waals surface area contributed by atoms with E-state index >= 15 is 0 Å². The molecule has 1 saturated heterocycles. The van der Waals surface area contributed by atoms with Gasteiger partial charge < -0.3 is 19.2 Å². The fourth-order valence-electron chi connectivity index (χ4n) is 4.78. The van der Waals surface area contributed by atoms with Crippen LogP contribution in [0.1, 0.15) is 43.4 Å². The van der Waals surface area contributed by atoms with E-state index in [4.69, 9.17) is 13.9 Å². The van der Waals surface area contributed by atoms with Crippen LogP contribution in [-0.4, -0.2) is 55.8 Å². The second-order valence-corrected chi connectivity index (χ2v) is 8.90. The smallest absolute Gasteiger partial charge is 0.339 e. The molecule has 1 aliphatic heterocycles. The Kier molecular flexibility index (Phi) is 6.34. The molecule has 1 N–H and O–H groups in total. The predicted octanol–water partition coefficient (Wildman–Crippen LogP) is 2.58. The standard InChI is InChI=1S/C24H32N2O5/c1-14(2)26-11-19(21(12-26)29-4)25-22(27)13-30-20-10-9-17-16-7-5-6-8-18(16)24(28)31-23(17)15(20)3/h9-10,14,19,21H,5-8,11-13H2,1-4H3,(H,25,27)/t19-,21-/m0/s1. The number of likely N-dealkylation sites (tertiary alicyclic amines) is 1. The third-order valence-electron chi connectivity index (χ3n) is 6.62. The molecular formula is C24H32N2O5. The number of hydrogen-bond donors (Lipinski definition) is 1. The summed E-state index contributed by atoms with van der Waals surface area (Å²) in [5.41, 5.74) is 2.97. The van der Waals surface area contributed by atoms with Crippen LogP contribution in [-0.2, 0) is 22.4 Å². The number of benzene rings is 1. The molecule has 1 aromatic heterocycles. The maximum atomic E-state index is 12.5. The summed E-state index contributed by atoms with van der Waals surface area (Å²) in [6.45, 7) is 7.60. The first kappa shape index (κ1) is 21.8. The maximum Gasteiger partial charge on any atom is 0.339 e. The minimum atomic E-state index is -0.248. The second-order valence-electron chi connectivity index (χ2n) is 8.90. The Morgan fingerprint density at radius 1 is 1.23 bits per heavy atom. The maximum absolute atomic E-state index is 12.5. The number of amides is 1. The largest absolute Gasteiger partial charge is 0.483 e. The topological polar surface area (TPSA) is 81.0 Å². The van der Waals surface area contributed by atoms with E-state index in [1.807, 2.05) is 19.1 Å². The third-order valence-corrected chi connectivity index (χ3v) is 6.62. The first-order valence-electron chi connectivity index (χ1n) is 11.2. The van der Waals surface area contributed by atoms with Gasteiger partial charge in [0.2, 0.25) is 0 Å². The van der Waals surface area contributed by atoms with E-state index in [-0.39, 0.29) is 30.3 Å². The summed E-state index contributed by atoms with van der Waals surface area (Å²) < 4.78 is 17.0. The quantitative estimate of drug-likeness (QED) is 0.713. The molecular weight excluding hydrogens is 396 g/mol. The van der Waals surface area contributed by atoms with Crippen LogP contribution in [0.5, 0.6) is 5.75 Å². The van der Waals surface area contributed by atoms with Gasteiger partial charge in [0.15, 0.2) is 6.61 Å². The number of carbonyl (C=O) groups excluding carboxylic acids is 1. The van der Waals surface area contributed by atoms with Gasteiger partial charge in [0.1, 0.15) is 11.3 Å². The molecule has 0 saturated carbocycles. The van der Waals surface area contributed by atoms with Crippen molar-refractivity contribution in [1.29, 1.82) is 0 Å². The average molecular weight is 429 g/mol. The van der Waals surface area contributed by atoms with Crippen molar-refractivity contribution < 1.29 is 18.7 Å². The number of methoxy groups -OCH3 is 1. The van der Waals surface area contributed by atoms with Gasteiger partial charge in [-0.3, -0.25) is 9.69 Å². The van der Waals surface area contributed by atoms with Crippen molar-refractivity contribution in [2.45, 2.75) is 64.6 Å². The lowest BCUT2D eigenvalue weighted by Crippen LogP contribution is -2.45. The van der Waals surface area contributed by atoms with Crippen LogP contribution in [0.25, 0.3) is 11.0 Å². The van der Waals surface area contributed by atoms with Crippen LogP contribution in [0, 0.1) is 6.92 Å². The van der Waals surface area contributed by atoms with Crippen LogP contribution in [0.15, 0.2) is 21.3 Å². The Balaban J connectivity index is 1.46. The molecule has 2 aromatic rings. The summed E-state index contributed by atoms with van der Waals surface area (Å²) in [5.74, 6) is 0.365. The van der Waals surface area contributed by atoms with Gasteiger partial charge in [0.05, 0.1) is 12.1 Å². The van der Waals surface area contributed by atoms with Gasteiger partial charge in [-0.1, -0.05) is 0 Å². The van der Waals surface area contributed by atoms with Crippen LogP contribution >= 0.6 is 0 Å². The molecule has 2 aliphatic rings. The van der Waals surface area contributed by atoms with Crippen molar-refractivity contribution in [3.8, 4) is 5.75 Å². The summed E-state index contributed by atoms with van der Waals surface area (Å²) >= 11 is 0. The van der Waals surface area contributed by atoms with E-state index in [9.17, 15) is 9.59 Å². The monoisotopic (exact) mass is 428 g/mol. The molecule has 2 atom stereocenters. The number of nitrogens with zero attached hydrogens (tertiary/aromatic N) is 1. The van der Waals surface area contributed by atoms with Crippen molar-refractivity contribution in [2.75, 3.05) is 26.8 Å². The highest BCUT2D eigenvalue weighted by Crippen LogP contribution is 2.32. The van der Waals surface area contributed by atoms with Gasteiger partial charge in [-0.15, -0.1) is 0 Å². The number of rotatable bonds is 6. The van der Waals surface area contributed by atoms with Gasteiger partial charge in [-0.05, 0) is 64.2 Å². The summed E-state index contributed by atoms with van der Waals surface area (Å²) in [4.78, 5) is 27.3. The van der Waals surface area contributed by atoms with E-state index in [0.717, 1.165) is 60.8 Å². The minimum Gasteiger partial charge on any atom is -0.483 e. The van der Waals surface area contributed by atoms with Crippen LogP contribution in [0.4, 0.5) is 0 Å². The van der Waals surface area contributed by atoms with Crippen LogP contribution < -0.4 is 15.7 Å². The molecule has 1 amide bonds. The van der Waals surface area contributed by atoms with Crippen molar-refractivity contribution >= 4 is 16.9 Å². The molecule has 4 rings (SSSR count). The summed E-state index contributed by atoms with van der Waals surface area (Å²) in [7, 11) is 1.68. The molecule has 1 aromatic carbocycles. The highest BCUT2D eigenvalue weighted by molar-refractivity contribution is 5.86. The normalized spacial score (nSPS) is 21.5. The van der Waals surface area contributed by atoms with Gasteiger partial charge in [0, 0.05) is 42.8 Å². The lowest BCUT2D eigenvalue weighted by Gasteiger charge is -2.20. The summed E-state index contributed by atoms with van der Waals surface area (Å²) in [6, 6.07) is 4.15. The lowest BCUT2D eigenvalue weighted by atomic mass is 9.90. The summed E-state index contributed by atoms with van der Waals surface area (Å²) in [5, 5.41) is 4.02. The van der Waals surface area contributed by atoms with Gasteiger partial charge >= 0.3 is 5.63 Å². The SMILES string of the molecule is CO[C@H]1CN(C(C)C)C[C@@H]1NC(=O)COc1ccc2c3c(c(=O)oc2c1C)CCCC3. The zero-order valence-electron chi connectivity index (χ0n) is 18.8. The Labute approximate surface area is 182 Å². The highest BCUT2D eigenvalue weighted by atomic mass is 16.5. The molecule has 1 fully saturated rings. The number of nitrogens with one attached hydrogen (secondary N) is 1. The molecule has 2 heterocycles. The molecule has 0 unspecified atom stereocenters. The molecule has 0 radical (unpaired) electrons. The highest BCUT2D eigenvalue weighted by Gasteiger charge is 2.35. The molecule has 7 nitrogen and oxygen atoms in total. The van der Waals surface area contributed by atoms with Crippen LogP contribution in [0.3, 0.4) is 0 Å². The fraction of sp³-hybridized carbons (Fsp3) is 0.583. The van der Waals surface area contributed by atoms with Crippen molar-refractivity contribution in [1.82, 2.24) is 10.2 Å². The molecule has 31 heavy (non-hydrogen) atoms. The number of hydrogen-bond acceptors (Lipinski definition) is 6. The second kappa shape index (κ2) is 9.01. The zero-order chi connectivity index (χ0) is 22.1. The molecule has 0 bridgehead atoms. The van der Waals surface area contributed by atoms with Gasteiger partial charge in [0.25, 0.3) is 5.91 Å². The molecule has 168 valence electrons.